The Morgan fingerprint density at radius 1 is 0.298 bits per heavy atom. The molecule has 0 spiro atoms. The van der Waals surface area contributed by atoms with Gasteiger partial charge in [0.15, 0.2) is 12.2 Å². The van der Waals surface area contributed by atoms with E-state index in [1.54, 1.807) is 0 Å². The second-order valence-corrected chi connectivity index (χ2v) is 30.4. The molecule has 0 aromatic heterocycles. The molecule has 0 heterocycles. The number of rotatable bonds is 74. The van der Waals surface area contributed by atoms with Gasteiger partial charge in [0, 0.05) is 25.7 Å². The van der Waals surface area contributed by atoms with Gasteiger partial charge in [-0.15, -0.1) is 0 Å². The van der Waals surface area contributed by atoms with Crippen LogP contribution in [0.2, 0.25) is 0 Å². The third-order valence-electron chi connectivity index (χ3n) is 18.2. The summed E-state index contributed by atoms with van der Waals surface area (Å²) in [5, 5.41) is 10.6. The second kappa shape index (κ2) is 66.9. The number of esters is 4. The highest BCUT2D eigenvalue weighted by Gasteiger charge is 2.30. The predicted molar refractivity (Wildman–Crippen MR) is 381 cm³/mol. The standard InChI is InChI=1S/C75H146O17P2/c1-7-11-13-15-17-19-21-23-25-27-29-31-39-45-51-57-72(77)85-63-70(91-74(79)59-53-47-41-32-30-28-26-24-22-20-18-16-14-12-8-2)65-89-93(81,82)87-61-69(76)62-88-94(83,84)90-66-71(92-75(80)60-54-48-42-36-34-38-44-50-56-68(6)10-4)64-86-73(78)58-52-46-40-35-33-37-43-49-55-67(5)9-3/h67-71,76H,7-66H2,1-6H3,(H,81,82)(H,83,84)/t67?,68?,69-,70-,71-/m1/s1. The lowest BCUT2D eigenvalue weighted by atomic mass is 9.99. The first kappa shape index (κ1) is 92.1. The third kappa shape index (κ3) is 66.0. The maximum Gasteiger partial charge on any atom is 0.472 e. The zero-order valence-corrected chi connectivity index (χ0v) is 63.1. The molecule has 0 aliphatic rings. The Labute approximate surface area is 575 Å². The summed E-state index contributed by atoms with van der Waals surface area (Å²) >= 11 is 0. The maximum absolute atomic E-state index is 13.1. The Hall–Kier alpha value is -1.94. The van der Waals surface area contributed by atoms with Crippen LogP contribution in [-0.4, -0.2) is 96.7 Å². The molecule has 0 aromatic carbocycles. The monoisotopic (exact) mass is 1380 g/mol. The molecule has 0 aromatic rings. The fourth-order valence-electron chi connectivity index (χ4n) is 11.4. The Kier molecular flexibility index (Phi) is 65.5. The Balaban J connectivity index is 5.27. The zero-order valence-electron chi connectivity index (χ0n) is 61.3. The van der Waals surface area contributed by atoms with Gasteiger partial charge in [-0.05, 0) is 37.5 Å². The van der Waals surface area contributed by atoms with Crippen molar-refractivity contribution in [3.8, 4) is 0 Å². The summed E-state index contributed by atoms with van der Waals surface area (Å²) < 4.78 is 68.5. The van der Waals surface area contributed by atoms with Gasteiger partial charge in [0.2, 0.25) is 0 Å². The number of phosphoric acid groups is 2. The van der Waals surface area contributed by atoms with Gasteiger partial charge in [-0.25, -0.2) is 9.13 Å². The van der Waals surface area contributed by atoms with Crippen LogP contribution < -0.4 is 0 Å². The number of hydrogen-bond donors (Lipinski definition) is 3. The van der Waals surface area contributed by atoms with Crippen molar-refractivity contribution in [2.24, 2.45) is 11.8 Å². The van der Waals surface area contributed by atoms with Gasteiger partial charge < -0.3 is 33.8 Å². The summed E-state index contributed by atoms with van der Waals surface area (Å²) in [5.74, 6) is -0.569. The summed E-state index contributed by atoms with van der Waals surface area (Å²) in [5.41, 5.74) is 0. The van der Waals surface area contributed by atoms with Crippen molar-refractivity contribution in [2.45, 2.75) is 407 Å². The zero-order chi connectivity index (χ0) is 69.3. The average Bonchev–Trinajstić information content (AvgIpc) is 1.23. The minimum Gasteiger partial charge on any atom is -0.462 e. The van der Waals surface area contributed by atoms with Gasteiger partial charge in [-0.3, -0.25) is 37.3 Å². The molecule has 0 aliphatic carbocycles. The molecule has 0 rings (SSSR count). The van der Waals surface area contributed by atoms with Crippen LogP contribution in [0.4, 0.5) is 0 Å². The lowest BCUT2D eigenvalue weighted by molar-refractivity contribution is -0.161. The van der Waals surface area contributed by atoms with Crippen LogP contribution in [-0.2, 0) is 65.4 Å². The molecular weight excluding hydrogens is 1230 g/mol. The largest absolute Gasteiger partial charge is 0.472 e. The summed E-state index contributed by atoms with van der Waals surface area (Å²) in [7, 11) is -9.91. The van der Waals surface area contributed by atoms with Crippen LogP contribution in [0.3, 0.4) is 0 Å². The van der Waals surface area contributed by atoms with Crippen molar-refractivity contribution < 1.29 is 80.2 Å². The smallest absolute Gasteiger partial charge is 0.462 e. The lowest BCUT2D eigenvalue weighted by Crippen LogP contribution is -2.30. The number of ether oxygens (including phenoxy) is 4. The van der Waals surface area contributed by atoms with Crippen molar-refractivity contribution >= 4 is 39.5 Å². The highest BCUT2D eigenvalue weighted by atomic mass is 31.2. The van der Waals surface area contributed by atoms with Crippen molar-refractivity contribution in [3.05, 3.63) is 0 Å². The molecule has 0 saturated carbocycles. The molecule has 4 unspecified atom stereocenters. The van der Waals surface area contributed by atoms with Crippen LogP contribution >= 0.6 is 15.6 Å². The molecule has 0 bridgehead atoms. The van der Waals surface area contributed by atoms with Crippen molar-refractivity contribution in [2.75, 3.05) is 39.6 Å². The van der Waals surface area contributed by atoms with Gasteiger partial charge in [0.25, 0.3) is 0 Å². The maximum atomic E-state index is 13.1. The lowest BCUT2D eigenvalue weighted by Gasteiger charge is -2.21. The molecule has 0 fully saturated rings. The highest BCUT2D eigenvalue weighted by Crippen LogP contribution is 2.45. The van der Waals surface area contributed by atoms with E-state index in [1.165, 1.54) is 205 Å². The van der Waals surface area contributed by atoms with E-state index in [4.69, 9.17) is 37.0 Å². The molecule has 3 N–H and O–H groups in total. The first-order chi connectivity index (χ1) is 45.4. The van der Waals surface area contributed by atoms with Gasteiger partial charge in [-0.1, -0.05) is 337 Å². The van der Waals surface area contributed by atoms with Crippen LogP contribution in [0.5, 0.6) is 0 Å². The van der Waals surface area contributed by atoms with Crippen LogP contribution in [0, 0.1) is 11.8 Å². The number of aliphatic hydroxyl groups is 1. The number of phosphoric ester groups is 2. The third-order valence-corrected chi connectivity index (χ3v) is 20.1. The number of carbonyl (C=O) groups is 4. The molecule has 0 radical (unpaired) electrons. The van der Waals surface area contributed by atoms with E-state index in [9.17, 15) is 43.2 Å². The van der Waals surface area contributed by atoms with E-state index in [-0.39, 0.29) is 25.7 Å². The minimum atomic E-state index is -4.96. The summed E-state index contributed by atoms with van der Waals surface area (Å²) in [6, 6.07) is 0. The van der Waals surface area contributed by atoms with Crippen LogP contribution in [0.25, 0.3) is 0 Å². The molecule has 0 amide bonds. The van der Waals surface area contributed by atoms with E-state index >= 15 is 0 Å². The van der Waals surface area contributed by atoms with E-state index in [1.807, 2.05) is 0 Å². The van der Waals surface area contributed by atoms with Crippen molar-refractivity contribution in [1.29, 1.82) is 0 Å². The molecule has 7 atom stereocenters. The molecule has 94 heavy (non-hydrogen) atoms. The van der Waals surface area contributed by atoms with Gasteiger partial charge in [0.1, 0.15) is 19.3 Å². The van der Waals surface area contributed by atoms with E-state index in [2.05, 4.69) is 41.5 Å². The molecular formula is C75H146O17P2. The molecule has 17 nitrogen and oxygen atoms in total. The first-order valence-corrected chi connectivity index (χ1v) is 42.1. The van der Waals surface area contributed by atoms with Crippen molar-refractivity contribution in [1.82, 2.24) is 0 Å². The van der Waals surface area contributed by atoms with E-state index in [0.717, 1.165) is 102 Å². The summed E-state index contributed by atoms with van der Waals surface area (Å²) in [4.78, 5) is 72.8. The second-order valence-electron chi connectivity index (χ2n) is 27.5. The first-order valence-electron chi connectivity index (χ1n) is 39.1. The topological polar surface area (TPSA) is 237 Å². The Bertz CT molecular complexity index is 1820. The minimum absolute atomic E-state index is 0.105. The van der Waals surface area contributed by atoms with E-state index in [0.29, 0.717) is 25.7 Å². The molecule has 0 saturated heterocycles. The van der Waals surface area contributed by atoms with Gasteiger partial charge in [0.05, 0.1) is 26.4 Å². The van der Waals surface area contributed by atoms with E-state index < -0.39 is 97.5 Å². The van der Waals surface area contributed by atoms with Crippen molar-refractivity contribution in [3.63, 3.8) is 0 Å². The molecule has 558 valence electrons. The highest BCUT2D eigenvalue weighted by molar-refractivity contribution is 7.47. The fraction of sp³-hybridized carbons (Fsp3) is 0.947. The number of hydrogen-bond acceptors (Lipinski definition) is 15. The summed E-state index contributed by atoms with van der Waals surface area (Å²) in [6.45, 7) is 9.60. The average molecular weight is 1380 g/mol. The summed E-state index contributed by atoms with van der Waals surface area (Å²) in [6.07, 6.45) is 53.9. The normalized spacial score (nSPS) is 14.6. The van der Waals surface area contributed by atoms with Gasteiger partial charge in [-0.2, -0.15) is 0 Å². The molecule has 19 heteroatoms. The SMILES string of the molecule is CCCCCCCCCCCCCCCCCC(=O)OC[C@H](COP(=O)(O)OC[C@@H](O)COP(=O)(O)OC[C@@H](COC(=O)CCCCCCCCCCC(C)CC)OC(=O)CCCCCCCCCCC(C)CC)OC(=O)CCCCCCCCCCCCCCCCC. The Morgan fingerprint density at radius 3 is 0.755 bits per heavy atom. The molecule has 0 aliphatic heterocycles. The van der Waals surface area contributed by atoms with Crippen LogP contribution in [0.1, 0.15) is 388 Å². The quantitative estimate of drug-likeness (QED) is 0.0222. The predicted octanol–water partition coefficient (Wildman–Crippen LogP) is 21.9. The van der Waals surface area contributed by atoms with Gasteiger partial charge >= 0.3 is 39.5 Å². The fourth-order valence-corrected chi connectivity index (χ4v) is 13.0. The van der Waals surface area contributed by atoms with Crippen LogP contribution in [0.15, 0.2) is 0 Å². The number of carbonyl (C=O) groups excluding carboxylic acids is 4. The number of aliphatic hydroxyl groups excluding tert-OH is 1. The number of unbranched alkanes of at least 4 members (excludes halogenated alkanes) is 42. The Morgan fingerprint density at radius 2 is 0.511 bits per heavy atom.